The van der Waals surface area contributed by atoms with Crippen molar-refractivity contribution in [3.8, 4) is 17.4 Å². The van der Waals surface area contributed by atoms with E-state index in [1.54, 1.807) is 13.1 Å². The van der Waals surface area contributed by atoms with Gasteiger partial charge in [-0.25, -0.2) is 4.39 Å². The Morgan fingerprint density at radius 1 is 1.25 bits per heavy atom. The van der Waals surface area contributed by atoms with Crippen LogP contribution in [0.4, 0.5) is 10.3 Å². The van der Waals surface area contributed by atoms with Crippen molar-refractivity contribution in [1.82, 2.24) is 15.0 Å². The van der Waals surface area contributed by atoms with Gasteiger partial charge in [-0.2, -0.15) is 15.0 Å². The highest BCUT2D eigenvalue weighted by Gasteiger charge is 2.13. The highest BCUT2D eigenvalue weighted by atomic mass is 35.5. The van der Waals surface area contributed by atoms with E-state index >= 15 is 0 Å². The van der Waals surface area contributed by atoms with E-state index < -0.39 is 5.82 Å². The Bertz CT molecular complexity index is 621. The summed E-state index contributed by atoms with van der Waals surface area (Å²) in [5.41, 5.74) is 0.238. The first-order valence-corrected chi connectivity index (χ1v) is 6.43. The number of aromatic nitrogens is 3. The van der Waals surface area contributed by atoms with Gasteiger partial charge < -0.3 is 10.1 Å². The lowest BCUT2D eigenvalue weighted by molar-refractivity contribution is 0.222. The molecule has 0 aliphatic rings. The number of benzene rings is 1. The van der Waals surface area contributed by atoms with E-state index in [0.29, 0.717) is 11.0 Å². The minimum absolute atomic E-state index is 0.0926. The molecule has 0 spiro atoms. The number of hydrogen-bond acceptors (Lipinski definition) is 5. The van der Waals surface area contributed by atoms with E-state index in [1.807, 2.05) is 13.8 Å². The van der Waals surface area contributed by atoms with Crippen molar-refractivity contribution in [2.45, 2.75) is 20.0 Å². The van der Waals surface area contributed by atoms with Crippen molar-refractivity contribution >= 4 is 17.5 Å². The molecule has 7 heteroatoms. The minimum Gasteiger partial charge on any atom is -0.461 e. The molecule has 1 heterocycles. The highest BCUT2D eigenvalue weighted by Crippen LogP contribution is 2.24. The maximum Gasteiger partial charge on any atom is 0.322 e. The molecule has 2 aromatic rings. The minimum atomic E-state index is -0.499. The van der Waals surface area contributed by atoms with Gasteiger partial charge in [-0.15, -0.1) is 0 Å². The Hall–Kier alpha value is -1.95. The fourth-order valence-corrected chi connectivity index (χ4v) is 1.68. The number of nitrogens with one attached hydrogen (secondary N) is 1. The third-order valence-corrected chi connectivity index (χ3v) is 2.59. The van der Waals surface area contributed by atoms with Crippen molar-refractivity contribution in [2.75, 3.05) is 12.4 Å². The molecule has 0 aliphatic carbocycles. The smallest absolute Gasteiger partial charge is 0.322 e. The van der Waals surface area contributed by atoms with Crippen molar-refractivity contribution in [3.05, 3.63) is 29.0 Å². The van der Waals surface area contributed by atoms with Gasteiger partial charge in [0.15, 0.2) is 5.82 Å². The Balaban J connectivity index is 2.49. The Morgan fingerprint density at radius 3 is 2.60 bits per heavy atom. The Morgan fingerprint density at radius 2 is 2.00 bits per heavy atom. The number of anilines is 1. The van der Waals surface area contributed by atoms with Crippen LogP contribution in [0, 0.1) is 5.82 Å². The molecule has 0 unspecified atom stereocenters. The molecule has 5 nitrogen and oxygen atoms in total. The molecule has 0 radical (unpaired) electrons. The average molecular weight is 297 g/mol. The van der Waals surface area contributed by atoms with Gasteiger partial charge in [-0.1, -0.05) is 11.6 Å². The van der Waals surface area contributed by atoms with E-state index in [-0.39, 0.29) is 23.5 Å². The van der Waals surface area contributed by atoms with Crippen molar-refractivity contribution in [2.24, 2.45) is 0 Å². The zero-order valence-corrected chi connectivity index (χ0v) is 12.1. The number of halogens is 2. The van der Waals surface area contributed by atoms with Crippen LogP contribution < -0.4 is 10.1 Å². The number of nitrogens with zero attached hydrogens (tertiary/aromatic N) is 3. The first-order chi connectivity index (χ1) is 9.49. The molecule has 106 valence electrons. The number of hydrogen-bond donors (Lipinski definition) is 1. The summed E-state index contributed by atoms with van der Waals surface area (Å²) in [6.07, 6.45) is -0.0926. The number of rotatable bonds is 4. The van der Waals surface area contributed by atoms with Crippen LogP contribution in [0.15, 0.2) is 18.2 Å². The fraction of sp³-hybridized carbons (Fsp3) is 0.308. The number of ether oxygens (including phenoxy) is 1. The van der Waals surface area contributed by atoms with Crippen LogP contribution in [0.1, 0.15) is 13.8 Å². The third-order valence-electron chi connectivity index (χ3n) is 2.35. The summed E-state index contributed by atoms with van der Waals surface area (Å²) in [6.45, 7) is 3.71. The lowest BCUT2D eigenvalue weighted by Crippen LogP contribution is -2.11. The zero-order valence-electron chi connectivity index (χ0n) is 11.3. The summed E-state index contributed by atoms with van der Waals surface area (Å²) in [5, 5.41) is 3.10. The van der Waals surface area contributed by atoms with Gasteiger partial charge in [0, 0.05) is 12.1 Å². The van der Waals surface area contributed by atoms with Crippen LogP contribution in [0.5, 0.6) is 6.01 Å². The van der Waals surface area contributed by atoms with E-state index in [2.05, 4.69) is 20.3 Å². The van der Waals surface area contributed by atoms with Gasteiger partial charge in [-0.3, -0.25) is 0 Å². The molecular formula is C13H14ClFN4O. The summed E-state index contributed by atoms with van der Waals surface area (Å²) in [6, 6.07) is 4.45. The molecule has 0 bridgehead atoms. The molecule has 2 rings (SSSR count). The normalized spacial score (nSPS) is 10.7. The fourth-order valence-electron chi connectivity index (χ4n) is 1.52. The molecule has 20 heavy (non-hydrogen) atoms. The Kier molecular flexibility index (Phi) is 4.34. The first-order valence-electron chi connectivity index (χ1n) is 6.05. The lowest BCUT2D eigenvalue weighted by Gasteiger charge is -2.10. The summed E-state index contributed by atoms with van der Waals surface area (Å²) >= 11 is 5.73. The largest absolute Gasteiger partial charge is 0.461 e. The van der Waals surface area contributed by atoms with E-state index in [1.165, 1.54) is 12.1 Å². The molecule has 1 N–H and O–H groups in total. The molecule has 0 saturated heterocycles. The predicted molar refractivity (Wildman–Crippen MR) is 75.5 cm³/mol. The van der Waals surface area contributed by atoms with Gasteiger partial charge in [0.05, 0.1) is 11.7 Å². The summed E-state index contributed by atoms with van der Waals surface area (Å²) in [5.74, 6) is -0.00424. The highest BCUT2D eigenvalue weighted by molar-refractivity contribution is 6.30. The van der Waals surface area contributed by atoms with Crippen molar-refractivity contribution in [1.29, 1.82) is 0 Å². The van der Waals surface area contributed by atoms with Crippen LogP contribution in [0.25, 0.3) is 11.4 Å². The second-order valence-electron chi connectivity index (χ2n) is 4.31. The second-order valence-corrected chi connectivity index (χ2v) is 4.74. The molecule has 0 aliphatic heterocycles. The quantitative estimate of drug-likeness (QED) is 0.939. The summed E-state index contributed by atoms with van der Waals surface area (Å²) in [4.78, 5) is 12.3. The van der Waals surface area contributed by atoms with E-state index in [4.69, 9.17) is 16.3 Å². The summed E-state index contributed by atoms with van der Waals surface area (Å²) < 4.78 is 19.4. The molecule has 0 atom stereocenters. The molecule has 1 aromatic heterocycles. The van der Waals surface area contributed by atoms with Gasteiger partial charge in [0.25, 0.3) is 0 Å². The van der Waals surface area contributed by atoms with Gasteiger partial charge in [0.2, 0.25) is 5.95 Å². The maximum atomic E-state index is 13.9. The predicted octanol–water partition coefficient (Wildman–Crippen LogP) is 3.16. The van der Waals surface area contributed by atoms with Crippen molar-refractivity contribution < 1.29 is 9.13 Å². The third kappa shape index (κ3) is 3.33. The first kappa shape index (κ1) is 14.5. The molecule has 1 aromatic carbocycles. The second kappa shape index (κ2) is 6.00. The van der Waals surface area contributed by atoms with Crippen LogP contribution in [-0.4, -0.2) is 28.1 Å². The van der Waals surface area contributed by atoms with Gasteiger partial charge in [0.1, 0.15) is 5.82 Å². The standard InChI is InChI=1S/C13H14ClFN4O/c1-7(2)20-13-18-11(17-12(16-3)19-13)9-5-4-8(14)6-10(9)15/h4-7H,1-3H3,(H,16,17,18,19). The van der Waals surface area contributed by atoms with E-state index in [0.717, 1.165) is 0 Å². The SMILES string of the molecule is CNc1nc(OC(C)C)nc(-c2ccc(Cl)cc2F)n1. The van der Waals surface area contributed by atoms with Crippen LogP contribution >= 0.6 is 11.6 Å². The molecule has 0 amide bonds. The average Bonchev–Trinajstić information content (AvgIpc) is 2.37. The maximum absolute atomic E-state index is 13.9. The van der Waals surface area contributed by atoms with Gasteiger partial charge >= 0.3 is 6.01 Å². The Labute approximate surface area is 121 Å². The van der Waals surface area contributed by atoms with Gasteiger partial charge in [-0.05, 0) is 32.0 Å². The van der Waals surface area contributed by atoms with Crippen LogP contribution in [0.3, 0.4) is 0 Å². The van der Waals surface area contributed by atoms with Crippen LogP contribution in [-0.2, 0) is 0 Å². The van der Waals surface area contributed by atoms with Crippen LogP contribution in [0.2, 0.25) is 5.02 Å². The zero-order chi connectivity index (χ0) is 14.7. The molecule has 0 saturated carbocycles. The lowest BCUT2D eigenvalue weighted by atomic mass is 10.2. The van der Waals surface area contributed by atoms with E-state index in [9.17, 15) is 4.39 Å². The monoisotopic (exact) mass is 296 g/mol. The summed E-state index contributed by atoms with van der Waals surface area (Å²) in [7, 11) is 1.66. The molecular weight excluding hydrogens is 283 g/mol. The topological polar surface area (TPSA) is 59.9 Å². The van der Waals surface area contributed by atoms with Crippen molar-refractivity contribution in [3.63, 3.8) is 0 Å². The molecule has 0 fully saturated rings.